The number of hydrogen-bond acceptors (Lipinski definition) is 8. The van der Waals surface area contributed by atoms with Gasteiger partial charge in [-0.25, -0.2) is 14.4 Å². The smallest absolute Gasteiger partial charge is 0.246 e. The number of carbonyl (C=O) groups excluding carboxylic acids is 2. The Morgan fingerprint density at radius 3 is 2.56 bits per heavy atom. The first-order valence-corrected chi connectivity index (χ1v) is 13.8. The van der Waals surface area contributed by atoms with Gasteiger partial charge in [0.25, 0.3) is 0 Å². The van der Waals surface area contributed by atoms with Gasteiger partial charge in [0.05, 0.1) is 23.6 Å². The van der Waals surface area contributed by atoms with E-state index in [1.54, 1.807) is 25.3 Å². The number of amides is 2. The molecule has 10 nitrogen and oxygen atoms in total. The second kappa shape index (κ2) is 16.5. The van der Waals surface area contributed by atoms with Crippen LogP contribution in [0.15, 0.2) is 60.9 Å². The van der Waals surface area contributed by atoms with Crippen molar-refractivity contribution in [2.24, 2.45) is 0 Å². The molecule has 43 heavy (non-hydrogen) atoms. The van der Waals surface area contributed by atoms with Gasteiger partial charge in [0.15, 0.2) is 5.82 Å². The Balaban J connectivity index is 1.61. The van der Waals surface area contributed by atoms with E-state index in [0.29, 0.717) is 55.1 Å². The summed E-state index contributed by atoms with van der Waals surface area (Å²) in [4.78, 5) is 40.9. The molecule has 3 rings (SSSR count). The maximum absolute atomic E-state index is 13.8. The van der Waals surface area contributed by atoms with Crippen LogP contribution in [0.1, 0.15) is 31.7 Å². The zero-order chi connectivity index (χ0) is 31.2. The van der Waals surface area contributed by atoms with Crippen molar-refractivity contribution in [2.75, 3.05) is 44.9 Å². The van der Waals surface area contributed by atoms with Gasteiger partial charge in [-0.1, -0.05) is 30.9 Å². The molecule has 0 unspecified atom stereocenters. The zero-order valence-electron chi connectivity index (χ0n) is 24.7. The average molecular weight is 591 g/mol. The van der Waals surface area contributed by atoms with E-state index < -0.39 is 17.8 Å². The van der Waals surface area contributed by atoms with Gasteiger partial charge in [-0.05, 0) is 57.3 Å². The third kappa shape index (κ3) is 10.8. The Morgan fingerprint density at radius 1 is 1.05 bits per heavy atom. The van der Waals surface area contributed by atoms with Crippen LogP contribution >= 0.6 is 0 Å². The molecule has 3 aromatic rings. The largest absolute Gasteiger partial charge is 0.354 e. The fourth-order valence-electron chi connectivity index (χ4n) is 3.85. The molecule has 0 bridgehead atoms. The highest BCUT2D eigenvalue weighted by molar-refractivity contribution is 5.92. The lowest BCUT2D eigenvalue weighted by atomic mass is 10.1. The molecule has 1 aromatic carbocycles. The van der Waals surface area contributed by atoms with Crippen LogP contribution in [0.3, 0.4) is 0 Å². The quantitative estimate of drug-likeness (QED) is 0.117. The van der Waals surface area contributed by atoms with Crippen molar-refractivity contribution >= 4 is 35.0 Å². The maximum Gasteiger partial charge on any atom is 0.246 e. The summed E-state index contributed by atoms with van der Waals surface area (Å²) in [5.74, 6) is 5.18. The molecule has 0 saturated carbocycles. The molecular weight excluding hydrogens is 554 g/mol. The lowest BCUT2D eigenvalue weighted by Crippen LogP contribution is -2.47. The van der Waals surface area contributed by atoms with Crippen LogP contribution in [-0.4, -0.2) is 76.8 Å². The summed E-state index contributed by atoms with van der Waals surface area (Å²) in [5.41, 5.74) is 1.44. The molecule has 12 heteroatoms. The first-order valence-electron chi connectivity index (χ1n) is 13.8. The number of unbranched alkanes of at least 4 members (excludes halogenated alkanes) is 1. The minimum Gasteiger partial charge on any atom is -0.354 e. The highest BCUT2D eigenvalue weighted by Crippen LogP contribution is 2.21. The molecule has 0 spiro atoms. The van der Waals surface area contributed by atoms with Crippen molar-refractivity contribution in [3.63, 3.8) is 0 Å². The van der Waals surface area contributed by atoms with Gasteiger partial charge in [0.1, 0.15) is 11.9 Å². The molecule has 3 N–H and O–H groups in total. The Morgan fingerprint density at radius 2 is 1.86 bits per heavy atom. The molecule has 1 atom stereocenters. The number of benzene rings is 1. The monoisotopic (exact) mass is 590 g/mol. The number of aromatic nitrogens is 3. The van der Waals surface area contributed by atoms with Crippen LogP contribution in [0.4, 0.5) is 31.9 Å². The Kier molecular flexibility index (Phi) is 12.5. The van der Waals surface area contributed by atoms with E-state index in [1.807, 2.05) is 25.9 Å². The SMILES string of the molecule is CC[C@@H](C(=O)NCCCC#Cc1cnc(Nc2ccc(F)nc2)nc1Nc1cccc(F)c1)N(C)C(=O)C=CCN(C)C. The van der Waals surface area contributed by atoms with Crippen molar-refractivity contribution in [2.45, 2.75) is 32.2 Å². The van der Waals surface area contributed by atoms with Crippen LogP contribution in [0.25, 0.3) is 0 Å². The average Bonchev–Trinajstić information content (AvgIpc) is 2.97. The summed E-state index contributed by atoms with van der Waals surface area (Å²) in [6.07, 6.45) is 7.62. The highest BCUT2D eigenvalue weighted by Gasteiger charge is 2.23. The van der Waals surface area contributed by atoms with E-state index in [4.69, 9.17) is 0 Å². The lowest BCUT2D eigenvalue weighted by molar-refractivity contribution is -0.135. The molecule has 0 saturated heterocycles. The van der Waals surface area contributed by atoms with E-state index in [0.717, 1.165) is 0 Å². The number of hydrogen-bond donors (Lipinski definition) is 3. The topological polar surface area (TPSA) is 115 Å². The molecule has 2 aromatic heterocycles. The molecule has 0 aliphatic heterocycles. The number of pyridine rings is 1. The number of halogens is 2. The summed E-state index contributed by atoms with van der Waals surface area (Å²) in [7, 11) is 5.44. The number of nitrogens with one attached hydrogen (secondary N) is 3. The third-order valence-electron chi connectivity index (χ3n) is 6.10. The maximum atomic E-state index is 13.8. The standard InChI is InChI=1S/C31H36F2N8O2/c1-5-26(41(4)28(42)14-10-18-40(2)3)30(43)34-17-8-6-7-11-22-20-36-31(38-25-15-16-27(33)35-21-25)39-29(22)37-24-13-9-12-23(32)19-24/h9-10,12-16,19-21,26H,5-6,8,17-18H2,1-4H3,(H,34,43)(H2,36,37,38,39)/t26-/m0/s1. The summed E-state index contributed by atoms with van der Waals surface area (Å²) in [6.45, 7) is 2.88. The molecule has 0 fully saturated rings. The van der Waals surface area contributed by atoms with Gasteiger partial charge in [-0.2, -0.15) is 9.37 Å². The van der Waals surface area contributed by atoms with Crippen LogP contribution in [0, 0.1) is 23.6 Å². The van der Waals surface area contributed by atoms with E-state index >= 15 is 0 Å². The van der Waals surface area contributed by atoms with Crippen LogP contribution < -0.4 is 16.0 Å². The molecule has 0 radical (unpaired) electrons. The second-order valence-corrected chi connectivity index (χ2v) is 9.82. The summed E-state index contributed by atoms with van der Waals surface area (Å²) >= 11 is 0. The highest BCUT2D eigenvalue weighted by atomic mass is 19.1. The van der Waals surface area contributed by atoms with Gasteiger partial charge in [0.2, 0.25) is 23.7 Å². The van der Waals surface area contributed by atoms with E-state index in [2.05, 4.69) is 42.7 Å². The number of carbonyl (C=O) groups is 2. The normalized spacial score (nSPS) is 11.5. The summed E-state index contributed by atoms with van der Waals surface area (Å²) < 4.78 is 26.9. The number of rotatable bonds is 13. The molecule has 0 aliphatic rings. The second-order valence-electron chi connectivity index (χ2n) is 9.82. The fraction of sp³-hybridized carbons (Fsp3) is 0.323. The van der Waals surface area contributed by atoms with Gasteiger partial charge < -0.3 is 25.8 Å². The van der Waals surface area contributed by atoms with Gasteiger partial charge >= 0.3 is 0 Å². The predicted octanol–water partition coefficient (Wildman–Crippen LogP) is 4.24. The van der Waals surface area contributed by atoms with E-state index in [1.165, 1.54) is 47.6 Å². The third-order valence-corrected chi connectivity index (χ3v) is 6.10. The molecular formula is C31H36F2N8O2. The fourth-order valence-corrected chi connectivity index (χ4v) is 3.85. The summed E-state index contributed by atoms with van der Waals surface area (Å²) in [5, 5.41) is 8.90. The first kappa shape index (κ1) is 32.6. The van der Waals surface area contributed by atoms with Crippen molar-refractivity contribution in [1.29, 1.82) is 0 Å². The van der Waals surface area contributed by atoms with Crippen LogP contribution in [0.5, 0.6) is 0 Å². The van der Waals surface area contributed by atoms with Crippen molar-refractivity contribution in [3.05, 3.63) is 78.3 Å². The van der Waals surface area contributed by atoms with Crippen molar-refractivity contribution in [3.8, 4) is 11.8 Å². The van der Waals surface area contributed by atoms with Gasteiger partial charge in [-0.3, -0.25) is 9.59 Å². The predicted molar refractivity (Wildman–Crippen MR) is 163 cm³/mol. The van der Waals surface area contributed by atoms with Crippen LogP contribution in [-0.2, 0) is 9.59 Å². The molecule has 2 heterocycles. The Hall–Kier alpha value is -4.89. The minimum atomic E-state index is -0.610. The van der Waals surface area contributed by atoms with E-state index in [-0.39, 0.29) is 17.8 Å². The minimum absolute atomic E-state index is 0.211. The number of anilines is 4. The molecule has 0 aliphatic carbocycles. The van der Waals surface area contributed by atoms with Crippen molar-refractivity contribution in [1.82, 2.24) is 30.1 Å². The van der Waals surface area contributed by atoms with Crippen LogP contribution in [0.2, 0.25) is 0 Å². The van der Waals surface area contributed by atoms with Gasteiger partial charge in [0, 0.05) is 38.3 Å². The molecule has 226 valence electrons. The Bertz CT molecular complexity index is 1470. The number of likely N-dealkylation sites (N-methyl/N-ethyl adjacent to an activating group) is 2. The van der Waals surface area contributed by atoms with Gasteiger partial charge in [-0.15, -0.1) is 0 Å². The first-order chi connectivity index (χ1) is 20.7. The molecule has 2 amide bonds. The zero-order valence-corrected chi connectivity index (χ0v) is 24.7. The number of nitrogens with zero attached hydrogens (tertiary/aromatic N) is 5. The van der Waals surface area contributed by atoms with Crippen molar-refractivity contribution < 1.29 is 18.4 Å². The van der Waals surface area contributed by atoms with E-state index in [9.17, 15) is 18.4 Å². The summed E-state index contributed by atoms with van der Waals surface area (Å²) in [6, 6.07) is 8.06. The Labute approximate surface area is 250 Å². The lowest BCUT2D eigenvalue weighted by Gasteiger charge is -2.25.